The first-order valence-electron chi connectivity index (χ1n) is 5.61. The lowest BCUT2D eigenvalue weighted by Gasteiger charge is -2.23. The second kappa shape index (κ2) is 6.51. The summed E-state index contributed by atoms with van der Waals surface area (Å²) in [4.78, 5) is 12.4. The first-order valence-corrected chi connectivity index (χ1v) is 5.61. The van der Waals surface area contributed by atoms with Gasteiger partial charge in [0.05, 0.1) is 6.42 Å². The molecule has 1 amide bonds. The number of amides is 1. The van der Waals surface area contributed by atoms with Crippen molar-refractivity contribution in [3.8, 4) is 0 Å². The van der Waals surface area contributed by atoms with Gasteiger partial charge in [0.15, 0.2) is 0 Å². The lowest BCUT2D eigenvalue weighted by molar-refractivity contribution is -0.160. The Hall–Kier alpha value is -1.63. The number of alkyl halides is 3. The van der Waals surface area contributed by atoms with Crippen molar-refractivity contribution in [2.45, 2.75) is 12.6 Å². The van der Waals surface area contributed by atoms with Crippen LogP contribution < -0.4 is 5.73 Å². The highest BCUT2D eigenvalue weighted by molar-refractivity contribution is 5.78. The quantitative estimate of drug-likeness (QED) is 0.834. The highest BCUT2D eigenvalue weighted by Crippen LogP contribution is 2.17. The Kier molecular flexibility index (Phi) is 5.29. The van der Waals surface area contributed by atoms with E-state index in [0.29, 0.717) is 10.5 Å². The van der Waals surface area contributed by atoms with E-state index in [4.69, 9.17) is 5.73 Å². The number of nitrogens with zero attached hydrogens (tertiary/aromatic N) is 1. The molecule has 0 spiro atoms. The Morgan fingerprint density at radius 3 is 2.53 bits per heavy atom. The number of carbonyl (C=O) groups is 1. The number of halogens is 4. The maximum atomic E-state index is 12.9. The molecule has 0 aromatic heterocycles. The van der Waals surface area contributed by atoms with Crippen molar-refractivity contribution in [3.63, 3.8) is 0 Å². The minimum absolute atomic E-state index is 0.0645. The average Bonchev–Trinajstić information content (AvgIpc) is 2.26. The normalized spacial score (nSPS) is 11.4. The molecule has 19 heavy (non-hydrogen) atoms. The summed E-state index contributed by atoms with van der Waals surface area (Å²) in [5, 5.41) is 0. The molecule has 7 heteroatoms. The van der Waals surface area contributed by atoms with E-state index in [9.17, 15) is 22.4 Å². The molecule has 0 bridgehead atoms. The predicted octanol–water partition coefficient (Wildman–Crippen LogP) is 1.72. The van der Waals surface area contributed by atoms with Gasteiger partial charge in [-0.05, 0) is 17.7 Å². The first kappa shape index (κ1) is 15.4. The van der Waals surface area contributed by atoms with Gasteiger partial charge >= 0.3 is 6.18 Å². The molecule has 0 saturated carbocycles. The van der Waals surface area contributed by atoms with Crippen LogP contribution in [-0.4, -0.2) is 36.6 Å². The minimum atomic E-state index is -4.48. The number of hydrogen-bond donors (Lipinski definition) is 1. The standard InChI is InChI=1S/C12H14F4N2O/c13-10-3-1-2-9(6-10)7-11(19)18(5-4-17)8-12(14,15)16/h1-3,6H,4-5,7-8,17H2. The number of nitrogens with two attached hydrogens (primary N) is 1. The Bertz CT molecular complexity index is 434. The van der Waals surface area contributed by atoms with Crippen LogP contribution in [0.1, 0.15) is 5.56 Å². The van der Waals surface area contributed by atoms with Gasteiger partial charge in [0, 0.05) is 13.1 Å². The van der Waals surface area contributed by atoms with E-state index < -0.39 is 24.4 Å². The van der Waals surface area contributed by atoms with Crippen molar-refractivity contribution in [1.82, 2.24) is 4.90 Å². The summed E-state index contributed by atoms with van der Waals surface area (Å²) < 4.78 is 49.8. The summed E-state index contributed by atoms with van der Waals surface area (Å²) in [7, 11) is 0. The summed E-state index contributed by atoms with van der Waals surface area (Å²) in [6, 6.07) is 5.19. The zero-order valence-corrected chi connectivity index (χ0v) is 10.1. The number of hydrogen-bond acceptors (Lipinski definition) is 2. The molecule has 1 aromatic rings. The Morgan fingerprint density at radius 1 is 1.32 bits per heavy atom. The van der Waals surface area contributed by atoms with Crippen molar-refractivity contribution in [2.24, 2.45) is 5.73 Å². The second-order valence-corrected chi connectivity index (χ2v) is 4.03. The maximum absolute atomic E-state index is 12.9. The fourth-order valence-electron chi connectivity index (χ4n) is 1.60. The van der Waals surface area contributed by atoms with Crippen LogP contribution in [0.15, 0.2) is 24.3 Å². The molecular weight excluding hydrogens is 264 g/mol. The average molecular weight is 278 g/mol. The van der Waals surface area contributed by atoms with Gasteiger partial charge in [-0.15, -0.1) is 0 Å². The van der Waals surface area contributed by atoms with E-state index >= 15 is 0 Å². The Morgan fingerprint density at radius 2 is 2.00 bits per heavy atom. The summed E-state index contributed by atoms with van der Waals surface area (Å²) in [5.41, 5.74) is 5.51. The summed E-state index contributed by atoms with van der Waals surface area (Å²) in [6.45, 7) is -1.60. The molecule has 106 valence electrons. The molecule has 3 nitrogen and oxygen atoms in total. The molecule has 0 atom stereocenters. The van der Waals surface area contributed by atoms with Crippen LogP contribution in [0.4, 0.5) is 17.6 Å². The molecule has 0 fully saturated rings. The third-order valence-corrected chi connectivity index (χ3v) is 2.37. The van der Waals surface area contributed by atoms with Gasteiger partial charge in [0.2, 0.25) is 5.91 Å². The van der Waals surface area contributed by atoms with Crippen LogP contribution in [0, 0.1) is 5.82 Å². The molecule has 0 aliphatic heterocycles. The SMILES string of the molecule is NCCN(CC(F)(F)F)C(=O)Cc1cccc(F)c1. The predicted molar refractivity (Wildman–Crippen MR) is 61.8 cm³/mol. The Balaban J connectivity index is 2.71. The topological polar surface area (TPSA) is 46.3 Å². The fraction of sp³-hybridized carbons (Fsp3) is 0.417. The van der Waals surface area contributed by atoms with Gasteiger partial charge in [0.1, 0.15) is 12.4 Å². The minimum Gasteiger partial charge on any atom is -0.332 e. The van der Waals surface area contributed by atoms with Gasteiger partial charge in [-0.25, -0.2) is 4.39 Å². The van der Waals surface area contributed by atoms with Gasteiger partial charge in [-0.2, -0.15) is 13.2 Å². The van der Waals surface area contributed by atoms with E-state index in [0.717, 1.165) is 6.07 Å². The lowest BCUT2D eigenvalue weighted by Crippen LogP contribution is -2.42. The largest absolute Gasteiger partial charge is 0.406 e. The van der Waals surface area contributed by atoms with Crippen molar-refractivity contribution >= 4 is 5.91 Å². The number of carbonyl (C=O) groups excluding carboxylic acids is 1. The molecule has 2 N–H and O–H groups in total. The van der Waals surface area contributed by atoms with Crippen LogP contribution in [0.2, 0.25) is 0 Å². The molecule has 0 aliphatic rings. The molecule has 0 aliphatic carbocycles. The Labute approximate surface area is 108 Å². The van der Waals surface area contributed by atoms with Gasteiger partial charge < -0.3 is 10.6 Å². The maximum Gasteiger partial charge on any atom is 0.406 e. The van der Waals surface area contributed by atoms with Gasteiger partial charge in [-0.3, -0.25) is 4.79 Å². The van der Waals surface area contributed by atoms with E-state index in [1.165, 1.54) is 18.2 Å². The van der Waals surface area contributed by atoms with Gasteiger partial charge in [0.25, 0.3) is 0 Å². The van der Waals surface area contributed by atoms with E-state index in [1.54, 1.807) is 0 Å². The second-order valence-electron chi connectivity index (χ2n) is 4.03. The first-order chi connectivity index (χ1) is 8.81. The van der Waals surface area contributed by atoms with Crippen LogP contribution in [0.25, 0.3) is 0 Å². The smallest absolute Gasteiger partial charge is 0.332 e. The highest BCUT2D eigenvalue weighted by atomic mass is 19.4. The summed E-state index contributed by atoms with van der Waals surface area (Å²) in [6.07, 6.45) is -4.76. The molecule has 0 heterocycles. The third kappa shape index (κ3) is 5.69. The van der Waals surface area contributed by atoms with Crippen LogP contribution in [0.5, 0.6) is 0 Å². The number of benzene rings is 1. The fourth-order valence-corrected chi connectivity index (χ4v) is 1.60. The number of rotatable bonds is 5. The highest BCUT2D eigenvalue weighted by Gasteiger charge is 2.32. The van der Waals surface area contributed by atoms with Crippen molar-refractivity contribution in [1.29, 1.82) is 0 Å². The third-order valence-electron chi connectivity index (χ3n) is 2.37. The van der Waals surface area contributed by atoms with E-state index in [1.807, 2.05) is 0 Å². The van der Waals surface area contributed by atoms with E-state index in [2.05, 4.69) is 0 Å². The van der Waals surface area contributed by atoms with Gasteiger partial charge in [-0.1, -0.05) is 12.1 Å². The molecular formula is C12H14F4N2O. The van der Waals surface area contributed by atoms with Crippen molar-refractivity contribution < 1.29 is 22.4 Å². The summed E-state index contributed by atoms with van der Waals surface area (Å²) >= 11 is 0. The molecule has 1 aromatic carbocycles. The molecule has 0 unspecified atom stereocenters. The van der Waals surface area contributed by atoms with Crippen molar-refractivity contribution in [3.05, 3.63) is 35.6 Å². The molecule has 0 radical (unpaired) electrons. The van der Waals surface area contributed by atoms with Crippen LogP contribution in [0.3, 0.4) is 0 Å². The summed E-state index contributed by atoms with van der Waals surface area (Å²) in [5.74, 6) is -1.26. The van der Waals surface area contributed by atoms with Crippen LogP contribution >= 0.6 is 0 Å². The van der Waals surface area contributed by atoms with Crippen LogP contribution in [-0.2, 0) is 11.2 Å². The molecule has 1 rings (SSSR count). The van der Waals surface area contributed by atoms with Crippen molar-refractivity contribution in [2.75, 3.05) is 19.6 Å². The zero-order valence-electron chi connectivity index (χ0n) is 10.1. The monoisotopic (exact) mass is 278 g/mol. The zero-order chi connectivity index (χ0) is 14.5. The lowest BCUT2D eigenvalue weighted by atomic mass is 10.1. The molecule has 0 saturated heterocycles. The van der Waals surface area contributed by atoms with E-state index in [-0.39, 0.29) is 19.5 Å².